The Bertz CT molecular complexity index is 801. The number of benzene rings is 1. The van der Waals surface area contributed by atoms with E-state index in [9.17, 15) is 9.59 Å². The van der Waals surface area contributed by atoms with E-state index in [1.807, 2.05) is 12.1 Å². The molecule has 2 rings (SSSR count). The summed E-state index contributed by atoms with van der Waals surface area (Å²) >= 11 is 0. The number of aromatic nitrogens is 2. The van der Waals surface area contributed by atoms with E-state index in [-0.39, 0.29) is 5.91 Å². The maximum Gasteiger partial charge on any atom is 0.271 e. The molecule has 1 amide bonds. The molecule has 0 aliphatic carbocycles. The molecule has 0 aliphatic heterocycles. The Morgan fingerprint density at radius 2 is 1.88 bits per heavy atom. The Morgan fingerprint density at radius 1 is 1.19 bits per heavy atom. The second kappa shape index (κ2) is 9.00. The number of hydrogen-bond acceptors (Lipinski definition) is 6. The summed E-state index contributed by atoms with van der Waals surface area (Å²) in [6, 6.07) is 7.73. The van der Waals surface area contributed by atoms with Crippen LogP contribution in [-0.2, 0) is 9.53 Å². The highest BCUT2D eigenvalue weighted by Crippen LogP contribution is 2.28. The van der Waals surface area contributed by atoms with Crippen LogP contribution in [-0.4, -0.2) is 50.2 Å². The quantitative estimate of drug-likeness (QED) is 0.712. The predicted molar refractivity (Wildman–Crippen MR) is 96.6 cm³/mol. The highest BCUT2D eigenvalue weighted by molar-refractivity contribution is 5.79. The highest BCUT2D eigenvalue weighted by atomic mass is 16.5. The lowest BCUT2D eigenvalue weighted by Gasteiger charge is -2.16. The third-order valence-electron chi connectivity index (χ3n) is 3.86. The molecule has 8 heteroatoms. The number of amides is 1. The summed E-state index contributed by atoms with van der Waals surface area (Å²) in [4.78, 5) is 24.6. The van der Waals surface area contributed by atoms with Crippen LogP contribution in [0.25, 0.3) is 11.3 Å². The molecular weight excluding hydrogens is 338 g/mol. The molecule has 0 saturated carbocycles. The van der Waals surface area contributed by atoms with Crippen LogP contribution in [0.4, 0.5) is 0 Å². The smallest absolute Gasteiger partial charge is 0.271 e. The van der Waals surface area contributed by atoms with Crippen molar-refractivity contribution in [3.63, 3.8) is 0 Å². The minimum absolute atomic E-state index is 0.317. The molecule has 1 heterocycles. The molecule has 8 nitrogen and oxygen atoms in total. The number of rotatable bonds is 8. The Balaban J connectivity index is 2.38. The third kappa shape index (κ3) is 4.40. The maximum atomic E-state index is 12.4. The second-order valence-electron chi connectivity index (χ2n) is 5.53. The van der Waals surface area contributed by atoms with E-state index in [1.165, 1.54) is 13.2 Å². The van der Waals surface area contributed by atoms with Gasteiger partial charge in [-0.25, -0.2) is 4.68 Å². The van der Waals surface area contributed by atoms with Crippen molar-refractivity contribution < 1.29 is 19.0 Å². The van der Waals surface area contributed by atoms with Crippen LogP contribution >= 0.6 is 0 Å². The zero-order chi connectivity index (χ0) is 19.1. The van der Waals surface area contributed by atoms with Crippen molar-refractivity contribution in [1.82, 2.24) is 15.1 Å². The molecule has 0 aliphatic rings. The van der Waals surface area contributed by atoms with Crippen LogP contribution in [0, 0.1) is 0 Å². The van der Waals surface area contributed by atoms with E-state index in [2.05, 4.69) is 10.4 Å². The first kappa shape index (κ1) is 19.5. The summed E-state index contributed by atoms with van der Waals surface area (Å²) in [6.07, 6.45) is 0. The lowest BCUT2D eigenvalue weighted by atomic mass is 10.1. The normalized spacial score (nSPS) is 11.7. The largest absolute Gasteiger partial charge is 0.497 e. The minimum Gasteiger partial charge on any atom is -0.497 e. The van der Waals surface area contributed by atoms with Gasteiger partial charge in [0.05, 0.1) is 20.8 Å². The van der Waals surface area contributed by atoms with Gasteiger partial charge in [-0.05, 0) is 31.2 Å². The predicted octanol–water partition coefficient (Wildman–Crippen LogP) is 1.25. The fraction of sp³-hybridized carbons (Fsp3) is 0.389. The minimum atomic E-state index is -0.776. The molecule has 1 aromatic carbocycles. The summed E-state index contributed by atoms with van der Waals surface area (Å²) in [6.45, 7) is 2.36. The maximum absolute atomic E-state index is 12.4. The van der Waals surface area contributed by atoms with E-state index in [0.717, 1.165) is 10.2 Å². The molecule has 140 valence electrons. The molecule has 0 radical (unpaired) electrons. The van der Waals surface area contributed by atoms with Crippen LogP contribution in [0.3, 0.4) is 0 Å². The van der Waals surface area contributed by atoms with Crippen LogP contribution in [0.15, 0.2) is 35.1 Å². The third-order valence-corrected chi connectivity index (χ3v) is 3.86. The van der Waals surface area contributed by atoms with Crippen molar-refractivity contribution in [3.8, 4) is 22.8 Å². The molecule has 26 heavy (non-hydrogen) atoms. The van der Waals surface area contributed by atoms with Crippen LogP contribution < -0.4 is 20.3 Å². The number of hydrogen-bond donors (Lipinski definition) is 1. The lowest BCUT2D eigenvalue weighted by molar-refractivity contribution is -0.124. The Labute approximate surface area is 151 Å². The van der Waals surface area contributed by atoms with E-state index in [1.54, 1.807) is 33.3 Å². The van der Waals surface area contributed by atoms with Gasteiger partial charge in [0, 0.05) is 25.3 Å². The van der Waals surface area contributed by atoms with Crippen molar-refractivity contribution in [2.24, 2.45) is 0 Å². The Morgan fingerprint density at radius 3 is 2.46 bits per heavy atom. The first-order chi connectivity index (χ1) is 12.5. The van der Waals surface area contributed by atoms with Gasteiger partial charge in [0.25, 0.3) is 5.56 Å². The van der Waals surface area contributed by atoms with Crippen molar-refractivity contribution >= 4 is 5.91 Å². The van der Waals surface area contributed by atoms with Gasteiger partial charge in [-0.3, -0.25) is 9.59 Å². The van der Waals surface area contributed by atoms with E-state index in [0.29, 0.717) is 30.3 Å². The Kier molecular flexibility index (Phi) is 6.74. The molecular formula is C18H23N3O5. The number of carbonyl (C=O) groups is 1. The number of carbonyl (C=O) groups excluding carboxylic acids is 1. The SMILES string of the molecule is COCCNC(=O)C(C)n1nc(-c2ccc(OC)cc2)c(OC)cc1=O. The standard InChI is InChI=1S/C18H23N3O5/c1-12(18(23)19-9-10-24-2)21-16(22)11-15(26-4)17(20-21)13-5-7-14(25-3)8-6-13/h5-8,11-12H,9-10H2,1-4H3,(H,19,23). The monoisotopic (exact) mass is 361 g/mol. The molecule has 2 aromatic rings. The van der Waals surface area contributed by atoms with Gasteiger partial charge in [-0.1, -0.05) is 0 Å². The first-order valence-electron chi connectivity index (χ1n) is 8.10. The van der Waals surface area contributed by atoms with Gasteiger partial charge in [0.15, 0.2) is 5.75 Å². The number of nitrogens with one attached hydrogen (secondary N) is 1. The molecule has 1 unspecified atom stereocenters. The summed E-state index contributed by atoms with van der Waals surface area (Å²) in [5, 5.41) is 7.06. The van der Waals surface area contributed by atoms with Crippen molar-refractivity contribution in [1.29, 1.82) is 0 Å². The second-order valence-corrected chi connectivity index (χ2v) is 5.53. The molecule has 0 fully saturated rings. The number of ether oxygens (including phenoxy) is 3. The fourth-order valence-corrected chi connectivity index (χ4v) is 2.37. The summed E-state index contributed by atoms with van der Waals surface area (Å²) < 4.78 is 16.5. The van der Waals surface area contributed by atoms with E-state index >= 15 is 0 Å². The van der Waals surface area contributed by atoms with Crippen LogP contribution in [0.2, 0.25) is 0 Å². The van der Waals surface area contributed by atoms with Crippen molar-refractivity contribution in [3.05, 3.63) is 40.7 Å². The zero-order valence-electron chi connectivity index (χ0n) is 15.3. The molecule has 0 saturated heterocycles. The molecule has 1 atom stereocenters. The van der Waals surface area contributed by atoms with Crippen molar-refractivity contribution in [2.45, 2.75) is 13.0 Å². The average molecular weight is 361 g/mol. The highest BCUT2D eigenvalue weighted by Gasteiger charge is 2.20. The van der Waals surface area contributed by atoms with Gasteiger partial charge >= 0.3 is 0 Å². The number of nitrogens with zero attached hydrogens (tertiary/aromatic N) is 2. The van der Waals surface area contributed by atoms with Gasteiger partial charge in [-0.15, -0.1) is 0 Å². The summed E-state index contributed by atoms with van der Waals surface area (Å²) in [7, 11) is 4.60. The molecule has 0 bridgehead atoms. The van der Waals surface area contributed by atoms with E-state index < -0.39 is 11.6 Å². The van der Waals surface area contributed by atoms with Crippen LogP contribution in [0.5, 0.6) is 11.5 Å². The van der Waals surface area contributed by atoms with Gasteiger partial charge < -0.3 is 19.5 Å². The average Bonchev–Trinajstić information content (AvgIpc) is 2.67. The van der Waals surface area contributed by atoms with Crippen LogP contribution in [0.1, 0.15) is 13.0 Å². The molecule has 1 N–H and O–H groups in total. The molecule has 0 spiro atoms. The lowest BCUT2D eigenvalue weighted by Crippen LogP contribution is -2.38. The number of methoxy groups -OCH3 is 3. The zero-order valence-corrected chi connectivity index (χ0v) is 15.3. The van der Waals surface area contributed by atoms with E-state index in [4.69, 9.17) is 14.2 Å². The van der Waals surface area contributed by atoms with Gasteiger partial charge in [0.1, 0.15) is 17.5 Å². The molecule has 1 aromatic heterocycles. The van der Waals surface area contributed by atoms with Gasteiger partial charge in [-0.2, -0.15) is 5.10 Å². The fourth-order valence-electron chi connectivity index (χ4n) is 2.37. The van der Waals surface area contributed by atoms with Gasteiger partial charge in [0.2, 0.25) is 5.91 Å². The summed E-state index contributed by atoms with van der Waals surface area (Å²) in [5.74, 6) is 0.720. The first-order valence-corrected chi connectivity index (χ1v) is 8.10. The topological polar surface area (TPSA) is 91.7 Å². The summed E-state index contributed by atoms with van der Waals surface area (Å²) in [5.41, 5.74) is 0.781. The Hall–Kier alpha value is -2.87. The van der Waals surface area contributed by atoms with Crippen molar-refractivity contribution in [2.75, 3.05) is 34.5 Å².